The normalized spacial score (nSPS) is 17.2. The van der Waals surface area contributed by atoms with Crippen LogP contribution in [0.4, 0.5) is 0 Å². The smallest absolute Gasteiger partial charge is 0.254 e. The first kappa shape index (κ1) is 17.3. The van der Waals surface area contributed by atoms with E-state index in [1.165, 1.54) is 0 Å². The van der Waals surface area contributed by atoms with Gasteiger partial charge >= 0.3 is 0 Å². The number of ether oxygens (including phenoxy) is 2. The Bertz CT molecular complexity index is 760. The molecule has 2 aromatic carbocycles. The Hall–Kier alpha value is -2.53. The van der Waals surface area contributed by atoms with Crippen LogP contribution in [-0.4, -0.2) is 44.7 Å². The number of nitrogens with one attached hydrogen (secondary N) is 1. The van der Waals surface area contributed by atoms with E-state index in [1.807, 2.05) is 54.3 Å². The summed E-state index contributed by atoms with van der Waals surface area (Å²) < 4.78 is 10.9. The van der Waals surface area contributed by atoms with Gasteiger partial charge in [0, 0.05) is 30.8 Å². The number of methoxy groups -OCH3 is 2. The molecule has 1 fully saturated rings. The van der Waals surface area contributed by atoms with Crippen molar-refractivity contribution in [3.8, 4) is 11.5 Å². The maximum atomic E-state index is 13.2. The number of hydrogen-bond donors (Lipinski definition) is 1. The molecule has 1 aliphatic heterocycles. The molecule has 1 amide bonds. The molecule has 0 spiro atoms. The second-order valence-electron chi connectivity index (χ2n) is 6.14. The summed E-state index contributed by atoms with van der Waals surface area (Å²) in [4.78, 5) is 15.1. The van der Waals surface area contributed by atoms with Gasteiger partial charge in [-0.2, -0.15) is 0 Å². The van der Waals surface area contributed by atoms with Crippen molar-refractivity contribution in [1.29, 1.82) is 0 Å². The largest absolute Gasteiger partial charge is 0.496 e. The Labute approximate surface area is 148 Å². The summed E-state index contributed by atoms with van der Waals surface area (Å²) in [6.07, 6.45) is 0. The standard InChI is InChI=1S/C20H24N2O3/c1-14-8-9-15(12-19(14)25-3)20(23)22-11-10-21-13-17(22)16-6-4-5-7-18(16)24-2/h4-9,12,17,21H,10-11,13H2,1-3H3. The molecule has 5 heteroatoms. The van der Waals surface area contributed by atoms with Gasteiger partial charge in [0.1, 0.15) is 11.5 Å². The lowest BCUT2D eigenvalue weighted by atomic mass is 10.0. The van der Waals surface area contributed by atoms with Gasteiger partial charge in [-0.3, -0.25) is 4.79 Å². The van der Waals surface area contributed by atoms with Gasteiger partial charge in [0.25, 0.3) is 5.91 Å². The highest BCUT2D eigenvalue weighted by Gasteiger charge is 2.30. The number of aryl methyl sites for hydroxylation is 1. The Balaban J connectivity index is 1.94. The van der Waals surface area contributed by atoms with Crippen molar-refractivity contribution in [2.45, 2.75) is 13.0 Å². The van der Waals surface area contributed by atoms with Crippen LogP contribution in [0.1, 0.15) is 27.5 Å². The Kier molecular flexibility index (Phi) is 5.24. The molecular weight excluding hydrogens is 316 g/mol. The summed E-state index contributed by atoms with van der Waals surface area (Å²) in [6, 6.07) is 13.4. The first-order chi connectivity index (χ1) is 12.2. The number of piperazine rings is 1. The zero-order valence-corrected chi connectivity index (χ0v) is 14.9. The third-order valence-electron chi connectivity index (χ3n) is 4.66. The van der Waals surface area contributed by atoms with Crippen LogP contribution in [0.15, 0.2) is 42.5 Å². The van der Waals surface area contributed by atoms with Crippen molar-refractivity contribution in [2.24, 2.45) is 0 Å². The summed E-state index contributed by atoms with van der Waals surface area (Å²) in [7, 11) is 3.28. The van der Waals surface area contributed by atoms with Gasteiger partial charge in [-0.25, -0.2) is 0 Å². The Morgan fingerprint density at radius 2 is 1.88 bits per heavy atom. The first-order valence-electron chi connectivity index (χ1n) is 8.45. The SMILES string of the molecule is COc1cc(C(=O)N2CCNCC2c2ccccc2OC)ccc1C. The molecule has 0 saturated carbocycles. The van der Waals surface area contributed by atoms with Gasteiger partial charge in [0.2, 0.25) is 0 Å². The summed E-state index contributed by atoms with van der Waals surface area (Å²) in [5, 5.41) is 3.38. The van der Waals surface area contributed by atoms with Gasteiger partial charge in [-0.1, -0.05) is 24.3 Å². The van der Waals surface area contributed by atoms with Crippen LogP contribution >= 0.6 is 0 Å². The van der Waals surface area contributed by atoms with Gasteiger partial charge in [-0.05, 0) is 30.7 Å². The summed E-state index contributed by atoms with van der Waals surface area (Å²) in [5.74, 6) is 1.54. The van der Waals surface area contributed by atoms with Crippen LogP contribution < -0.4 is 14.8 Å². The van der Waals surface area contributed by atoms with Crippen LogP contribution in [0.5, 0.6) is 11.5 Å². The van der Waals surface area contributed by atoms with Crippen molar-refractivity contribution in [2.75, 3.05) is 33.9 Å². The predicted octanol–water partition coefficient (Wildman–Crippen LogP) is 2.80. The number of para-hydroxylation sites is 1. The Morgan fingerprint density at radius 3 is 2.64 bits per heavy atom. The van der Waals surface area contributed by atoms with E-state index in [1.54, 1.807) is 14.2 Å². The van der Waals surface area contributed by atoms with Crippen LogP contribution in [0, 0.1) is 6.92 Å². The fourth-order valence-corrected chi connectivity index (χ4v) is 3.29. The molecule has 0 aromatic heterocycles. The molecule has 2 aromatic rings. The predicted molar refractivity (Wildman–Crippen MR) is 97.4 cm³/mol. The van der Waals surface area contributed by atoms with E-state index in [0.717, 1.165) is 29.2 Å². The lowest BCUT2D eigenvalue weighted by molar-refractivity contribution is 0.0631. The van der Waals surface area contributed by atoms with E-state index in [-0.39, 0.29) is 11.9 Å². The minimum atomic E-state index is -0.0651. The fourth-order valence-electron chi connectivity index (χ4n) is 3.29. The molecule has 5 nitrogen and oxygen atoms in total. The first-order valence-corrected chi connectivity index (χ1v) is 8.45. The van der Waals surface area contributed by atoms with Gasteiger partial charge in [0.05, 0.1) is 20.3 Å². The van der Waals surface area contributed by atoms with Crippen LogP contribution in [-0.2, 0) is 0 Å². The molecule has 1 unspecified atom stereocenters. The highest BCUT2D eigenvalue weighted by molar-refractivity contribution is 5.95. The van der Waals surface area contributed by atoms with Crippen LogP contribution in [0.3, 0.4) is 0 Å². The quantitative estimate of drug-likeness (QED) is 0.930. The monoisotopic (exact) mass is 340 g/mol. The number of carbonyl (C=O) groups is 1. The topological polar surface area (TPSA) is 50.8 Å². The number of hydrogen-bond acceptors (Lipinski definition) is 4. The molecule has 1 atom stereocenters. The maximum Gasteiger partial charge on any atom is 0.254 e. The average molecular weight is 340 g/mol. The van der Waals surface area contributed by atoms with Crippen molar-refractivity contribution in [3.05, 3.63) is 59.2 Å². The van der Waals surface area contributed by atoms with E-state index < -0.39 is 0 Å². The maximum absolute atomic E-state index is 13.2. The fraction of sp³-hybridized carbons (Fsp3) is 0.350. The van der Waals surface area contributed by atoms with Gasteiger partial charge < -0.3 is 19.7 Å². The molecule has 0 aliphatic carbocycles. The molecule has 1 saturated heterocycles. The van der Waals surface area contributed by atoms with E-state index in [4.69, 9.17) is 9.47 Å². The average Bonchev–Trinajstić information content (AvgIpc) is 2.67. The molecule has 25 heavy (non-hydrogen) atoms. The molecule has 3 rings (SSSR count). The number of benzene rings is 2. The molecule has 132 valence electrons. The molecule has 1 heterocycles. The molecule has 1 N–H and O–H groups in total. The molecule has 0 radical (unpaired) electrons. The molecule has 1 aliphatic rings. The zero-order chi connectivity index (χ0) is 17.8. The van der Waals surface area contributed by atoms with Crippen molar-refractivity contribution < 1.29 is 14.3 Å². The second kappa shape index (κ2) is 7.57. The number of nitrogens with zero attached hydrogens (tertiary/aromatic N) is 1. The summed E-state index contributed by atoms with van der Waals surface area (Å²) in [6.45, 7) is 4.10. The van der Waals surface area contributed by atoms with Crippen molar-refractivity contribution in [1.82, 2.24) is 10.2 Å². The molecule has 0 bridgehead atoms. The van der Waals surface area contributed by atoms with E-state index in [9.17, 15) is 4.79 Å². The Morgan fingerprint density at radius 1 is 1.12 bits per heavy atom. The second-order valence-corrected chi connectivity index (χ2v) is 6.14. The highest BCUT2D eigenvalue weighted by atomic mass is 16.5. The van der Waals surface area contributed by atoms with E-state index in [2.05, 4.69) is 5.32 Å². The highest BCUT2D eigenvalue weighted by Crippen LogP contribution is 2.31. The minimum Gasteiger partial charge on any atom is -0.496 e. The van der Waals surface area contributed by atoms with Gasteiger partial charge in [-0.15, -0.1) is 0 Å². The zero-order valence-electron chi connectivity index (χ0n) is 14.9. The third-order valence-corrected chi connectivity index (χ3v) is 4.66. The number of carbonyl (C=O) groups excluding carboxylic acids is 1. The summed E-state index contributed by atoms with van der Waals surface area (Å²) >= 11 is 0. The number of rotatable bonds is 4. The summed E-state index contributed by atoms with van der Waals surface area (Å²) in [5.41, 5.74) is 2.68. The number of amides is 1. The molecular formula is C20H24N2O3. The van der Waals surface area contributed by atoms with Crippen LogP contribution in [0.25, 0.3) is 0 Å². The van der Waals surface area contributed by atoms with Crippen molar-refractivity contribution in [3.63, 3.8) is 0 Å². The van der Waals surface area contributed by atoms with Crippen LogP contribution in [0.2, 0.25) is 0 Å². The third kappa shape index (κ3) is 3.46. The lowest BCUT2D eigenvalue weighted by Crippen LogP contribution is -2.48. The van der Waals surface area contributed by atoms with E-state index in [0.29, 0.717) is 18.7 Å². The minimum absolute atomic E-state index is 0.00991. The van der Waals surface area contributed by atoms with Gasteiger partial charge in [0.15, 0.2) is 0 Å². The van der Waals surface area contributed by atoms with E-state index >= 15 is 0 Å². The van der Waals surface area contributed by atoms with Crippen molar-refractivity contribution >= 4 is 5.91 Å². The lowest BCUT2D eigenvalue weighted by Gasteiger charge is -2.37.